The van der Waals surface area contributed by atoms with E-state index >= 15 is 0 Å². The Balaban J connectivity index is 2.54. The van der Waals surface area contributed by atoms with E-state index in [-0.39, 0.29) is 0 Å². The summed E-state index contributed by atoms with van der Waals surface area (Å²) in [6.45, 7) is 3.16. The third-order valence-corrected chi connectivity index (χ3v) is 3.03. The largest absolute Gasteiger partial charge is 0.295 e. The van der Waals surface area contributed by atoms with Gasteiger partial charge in [0.2, 0.25) is 23.6 Å². The zero-order valence-electron chi connectivity index (χ0n) is 8.29. The molecule has 6 heteroatoms. The third kappa shape index (κ3) is 1.10. The first-order valence-corrected chi connectivity index (χ1v) is 4.55. The average Bonchev–Trinajstić information content (AvgIpc) is 1.97. The van der Waals surface area contributed by atoms with Gasteiger partial charge in [-0.05, 0) is 0 Å². The summed E-state index contributed by atoms with van der Waals surface area (Å²) >= 11 is 0. The number of amides is 4. The second-order valence-corrected chi connectivity index (χ2v) is 4.39. The summed E-state index contributed by atoms with van der Waals surface area (Å²) in [4.78, 5) is 45.8. The standard InChI is InChI=1S/C9H10N2O4/c1-9(2)3-5(12)10-7(14)4(9)8(15)11-6(3)13/h3-4H,1-2H3,(H,10,12,14)(H,11,13,15). The molecule has 0 saturated carbocycles. The highest BCUT2D eigenvalue weighted by Gasteiger charge is 2.59. The van der Waals surface area contributed by atoms with Crippen molar-refractivity contribution in [2.75, 3.05) is 0 Å². The van der Waals surface area contributed by atoms with Crippen LogP contribution in [0.2, 0.25) is 0 Å². The van der Waals surface area contributed by atoms with Gasteiger partial charge in [0, 0.05) is 5.41 Å². The van der Waals surface area contributed by atoms with Gasteiger partial charge in [0.05, 0.1) is 0 Å². The maximum absolute atomic E-state index is 11.4. The zero-order chi connectivity index (χ0) is 11.4. The molecule has 2 fully saturated rings. The molecule has 2 rings (SSSR count). The summed E-state index contributed by atoms with van der Waals surface area (Å²) in [5, 5.41) is 4.08. The molecular weight excluding hydrogens is 200 g/mol. The highest BCUT2D eigenvalue weighted by molar-refractivity contribution is 6.22. The van der Waals surface area contributed by atoms with Gasteiger partial charge >= 0.3 is 0 Å². The highest BCUT2D eigenvalue weighted by atomic mass is 16.2. The molecule has 0 spiro atoms. The van der Waals surface area contributed by atoms with Gasteiger partial charge in [0.1, 0.15) is 11.8 Å². The smallest absolute Gasteiger partial charge is 0.239 e. The van der Waals surface area contributed by atoms with Crippen molar-refractivity contribution < 1.29 is 19.2 Å². The van der Waals surface area contributed by atoms with Crippen LogP contribution in [-0.2, 0) is 19.2 Å². The normalized spacial score (nSPS) is 33.5. The van der Waals surface area contributed by atoms with E-state index < -0.39 is 40.9 Å². The van der Waals surface area contributed by atoms with Crippen LogP contribution in [0.5, 0.6) is 0 Å². The Kier molecular flexibility index (Phi) is 1.74. The third-order valence-electron chi connectivity index (χ3n) is 3.03. The molecule has 80 valence electrons. The van der Waals surface area contributed by atoms with E-state index in [2.05, 4.69) is 0 Å². The van der Waals surface area contributed by atoms with Crippen molar-refractivity contribution in [2.24, 2.45) is 17.3 Å². The van der Waals surface area contributed by atoms with Crippen molar-refractivity contribution in [1.29, 1.82) is 0 Å². The number of rotatable bonds is 0. The molecule has 2 saturated heterocycles. The quantitative estimate of drug-likeness (QED) is 0.378. The predicted molar refractivity (Wildman–Crippen MR) is 47.1 cm³/mol. The van der Waals surface area contributed by atoms with Crippen LogP contribution < -0.4 is 10.6 Å². The number of nitrogens with one attached hydrogen (secondary N) is 2. The van der Waals surface area contributed by atoms with E-state index in [1.165, 1.54) is 0 Å². The molecule has 0 aromatic rings. The molecule has 2 heterocycles. The monoisotopic (exact) mass is 210 g/mol. The highest BCUT2D eigenvalue weighted by Crippen LogP contribution is 2.41. The Hall–Kier alpha value is -1.72. The molecular formula is C9H10N2O4. The molecule has 0 radical (unpaired) electrons. The van der Waals surface area contributed by atoms with Gasteiger partial charge in [-0.1, -0.05) is 13.8 Å². The minimum absolute atomic E-state index is 0.633. The van der Waals surface area contributed by atoms with Crippen LogP contribution in [0.25, 0.3) is 0 Å². The maximum atomic E-state index is 11.4. The lowest BCUT2D eigenvalue weighted by molar-refractivity contribution is -0.163. The molecule has 0 atom stereocenters. The maximum Gasteiger partial charge on any atom is 0.239 e. The molecule has 0 unspecified atom stereocenters. The van der Waals surface area contributed by atoms with Crippen molar-refractivity contribution in [1.82, 2.24) is 10.6 Å². The number of fused-ring (bicyclic) bond motifs is 2. The van der Waals surface area contributed by atoms with Crippen molar-refractivity contribution in [3.05, 3.63) is 0 Å². The molecule has 2 bridgehead atoms. The summed E-state index contributed by atoms with van der Waals surface area (Å²) in [5.74, 6) is -4.48. The molecule has 6 nitrogen and oxygen atoms in total. The van der Waals surface area contributed by atoms with Crippen LogP contribution in [0.1, 0.15) is 13.8 Å². The van der Waals surface area contributed by atoms with Gasteiger partial charge in [0.15, 0.2) is 0 Å². The first kappa shape index (κ1) is 9.82. The molecule has 2 N–H and O–H groups in total. The Morgan fingerprint density at radius 2 is 1.07 bits per heavy atom. The Bertz CT molecular complexity index is 335. The molecule has 15 heavy (non-hydrogen) atoms. The van der Waals surface area contributed by atoms with E-state index in [1.807, 2.05) is 10.6 Å². The Morgan fingerprint density at radius 3 is 1.33 bits per heavy atom. The minimum Gasteiger partial charge on any atom is -0.295 e. The topological polar surface area (TPSA) is 92.3 Å². The molecule has 0 aliphatic carbocycles. The number of carbonyl (C=O) groups is 4. The summed E-state index contributed by atoms with van der Waals surface area (Å²) < 4.78 is 0. The molecule has 4 amide bonds. The minimum atomic E-state index is -0.974. The van der Waals surface area contributed by atoms with E-state index in [9.17, 15) is 19.2 Å². The Morgan fingerprint density at radius 1 is 0.800 bits per heavy atom. The van der Waals surface area contributed by atoms with Gasteiger partial charge in [-0.2, -0.15) is 0 Å². The van der Waals surface area contributed by atoms with Crippen LogP contribution >= 0.6 is 0 Å². The van der Waals surface area contributed by atoms with Crippen LogP contribution in [0.4, 0.5) is 0 Å². The fraction of sp³-hybridized carbons (Fsp3) is 0.556. The lowest BCUT2D eigenvalue weighted by Gasteiger charge is -2.44. The molecule has 2 aliphatic heterocycles. The summed E-state index contributed by atoms with van der Waals surface area (Å²) in [5.41, 5.74) is -0.946. The number of imide groups is 2. The SMILES string of the molecule is CC1(C)C2C(=O)NC(=O)C1C(=O)NC2=O. The van der Waals surface area contributed by atoms with Crippen molar-refractivity contribution >= 4 is 23.6 Å². The second kappa shape index (κ2) is 2.65. The van der Waals surface area contributed by atoms with Crippen LogP contribution in [0.3, 0.4) is 0 Å². The number of hydrogen-bond acceptors (Lipinski definition) is 4. The average molecular weight is 210 g/mol. The van der Waals surface area contributed by atoms with Crippen molar-refractivity contribution in [2.45, 2.75) is 13.8 Å². The number of carbonyl (C=O) groups excluding carboxylic acids is 4. The lowest BCUT2D eigenvalue weighted by Crippen LogP contribution is -2.68. The van der Waals surface area contributed by atoms with Crippen molar-refractivity contribution in [3.63, 3.8) is 0 Å². The first-order valence-electron chi connectivity index (χ1n) is 4.55. The van der Waals surface area contributed by atoms with E-state index in [4.69, 9.17) is 0 Å². The van der Waals surface area contributed by atoms with Crippen LogP contribution in [0.15, 0.2) is 0 Å². The lowest BCUT2D eigenvalue weighted by atomic mass is 9.63. The molecule has 0 aromatic heterocycles. The summed E-state index contributed by atoms with van der Waals surface area (Å²) in [6.07, 6.45) is 0. The second-order valence-electron chi connectivity index (χ2n) is 4.39. The van der Waals surface area contributed by atoms with Gasteiger partial charge < -0.3 is 0 Å². The Labute approximate surface area is 85.4 Å². The molecule has 2 aliphatic rings. The molecule has 0 aromatic carbocycles. The predicted octanol–water partition coefficient (Wildman–Crippen LogP) is -1.44. The fourth-order valence-corrected chi connectivity index (χ4v) is 2.29. The van der Waals surface area contributed by atoms with Gasteiger partial charge in [-0.25, -0.2) is 0 Å². The first-order chi connectivity index (χ1) is 6.85. The van der Waals surface area contributed by atoms with Gasteiger partial charge in [0.25, 0.3) is 0 Å². The summed E-state index contributed by atoms with van der Waals surface area (Å²) in [6, 6.07) is 0. The van der Waals surface area contributed by atoms with E-state index in [1.54, 1.807) is 13.8 Å². The van der Waals surface area contributed by atoms with E-state index in [0.717, 1.165) is 0 Å². The van der Waals surface area contributed by atoms with Crippen molar-refractivity contribution in [3.8, 4) is 0 Å². The van der Waals surface area contributed by atoms with Gasteiger partial charge in [-0.15, -0.1) is 0 Å². The van der Waals surface area contributed by atoms with Gasteiger partial charge in [-0.3, -0.25) is 29.8 Å². The summed E-state index contributed by atoms with van der Waals surface area (Å²) in [7, 11) is 0. The van der Waals surface area contributed by atoms with E-state index in [0.29, 0.717) is 0 Å². The fourth-order valence-electron chi connectivity index (χ4n) is 2.29. The zero-order valence-corrected chi connectivity index (χ0v) is 8.29. The number of piperidine rings is 2. The number of hydrogen-bond donors (Lipinski definition) is 2. The van der Waals surface area contributed by atoms with Crippen LogP contribution in [0, 0.1) is 17.3 Å². The van der Waals surface area contributed by atoms with Crippen LogP contribution in [-0.4, -0.2) is 23.6 Å².